The Morgan fingerprint density at radius 2 is 2.09 bits per heavy atom. The molecule has 0 aromatic heterocycles. The summed E-state index contributed by atoms with van der Waals surface area (Å²) < 4.78 is 5.71. The van der Waals surface area contributed by atoms with Crippen LogP contribution < -0.4 is 10.6 Å². The van der Waals surface area contributed by atoms with E-state index in [1.165, 1.54) is 44.9 Å². The molecule has 0 spiro atoms. The summed E-state index contributed by atoms with van der Waals surface area (Å²) in [5.74, 6) is 1.61. The van der Waals surface area contributed by atoms with Gasteiger partial charge in [-0.15, -0.1) is 0 Å². The molecule has 1 aliphatic heterocycles. The topological polar surface area (TPSA) is 36.5 Å². The average molecular weight is 324 g/mol. The molecule has 2 N–H and O–H groups in total. The summed E-state index contributed by atoms with van der Waals surface area (Å²) in [7, 11) is 4.56. The van der Waals surface area contributed by atoms with Gasteiger partial charge in [-0.1, -0.05) is 26.2 Å². The minimum Gasteiger partial charge on any atom is -0.379 e. The Morgan fingerprint density at radius 1 is 1.22 bits per heavy atom. The molecule has 3 aliphatic rings. The van der Waals surface area contributed by atoms with Crippen LogP contribution in [0.5, 0.6) is 0 Å². The summed E-state index contributed by atoms with van der Waals surface area (Å²) in [4.78, 5) is 2.50. The highest BCUT2D eigenvalue weighted by Gasteiger charge is 2.40. The molecule has 2 saturated carbocycles. The molecule has 23 heavy (non-hydrogen) atoms. The highest BCUT2D eigenvalue weighted by atomic mass is 16.5. The third-order valence-electron chi connectivity index (χ3n) is 6.75. The van der Waals surface area contributed by atoms with Gasteiger partial charge in [0.2, 0.25) is 0 Å². The van der Waals surface area contributed by atoms with E-state index in [0.29, 0.717) is 17.6 Å². The lowest BCUT2D eigenvalue weighted by molar-refractivity contribution is 0.0456. The molecule has 0 amide bonds. The smallest absolute Gasteiger partial charge is 0.0623 e. The van der Waals surface area contributed by atoms with Crippen molar-refractivity contribution in [2.24, 2.45) is 11.8 Å². The van der Waals surface area contributed by atoms with E-state index in [2.05, 4.69) is 36.6 Å². The maximum Gasteiger partial charge on any atom is 0.0623 e. The van der Waals surface area contributed by atoms with E-state index < -0.39 is 0 Å². The van der Waals surface area contributed by atoms with Crippen LogP contribution in [-0.2, 0) is 4.74 Å². The van der Waals surface area contributed by atoms with E-state index in [1.807, 2.05) is 0 Å². The van der Waals surface area contributed by atoms with Gasteiger partial charge < -0.3 is 20.3 Å². The van der Waals surface area contributed by atoms with Crippen molar-refractivity contribution in [2.75, 3.05) is 40.4 Å². The van der Waals surface area contributed by atoms with Crippen molar-refractivity contribution in [1.29, 1.82) is 0 Å². The molecule has 0 aromatic carbocycles. The fraction of sp³-hybridized carbons (Fsp3) is 1.00. The molecule has 5 unspecified atom stereocenters. The predicted octanol–water partition coefficient (Wildman–Crippen LogP) is 2.24. The predicted molar refractivity (Wildman–Crippen MR) is 95.8 cm³/mol. The van der Waals surface area contributed by atoms with Gasteiger partial charge in [-0.2, -0.15) is 0 Å². The maximum atomic E-state index is 5.71. The Hall–Kier alpha value is -0.160. The molecule has 2 aliphatic carbocycles. The highest BCUT2D eigenvalue weighted by Crippen LogP contribution is 2.36. The van der Waals surface area contributed by atoms with Gasteiger partial charge in [-0.25, -0.2) is 0 Å². The molecule has 1 heterocycles. The van der Waals surface area contributed by atoms with Gasteiger partial charge in [-0.3, -0.25) is 0 Å². The molecule has 134 valence electrons. The van der Waals surface area contributed by atoms with Gasteiger partial charge in [0.15, 0.2) is 0 Å². The first-order valence-corrected chi connectivity index (χ1v) is 9.83. The minimum absolute atomic E-state index is 0.362. The number of nitrogens with one attached hydrogen (secondary N) is 2. The zero-order valence-corrected chi connectivity index (χ0v) is 15.4. The summed E-state index contributed by atoms with van der Waals surface area (Å²) in [6.45, 7) is 6.38. The number of morpholine rings is 1. The highest BCUT2D eigenvalue weighted by molar-refractivity contribution is 4.98. The fourth-order valence-electron chi connectivity index (χ4n) is 5.26. The van der Waals surface area contributed by atoms with Crippen molar-refractivity contribution >= 4 is 0 Å². The second kappa shape index (κ2) is 7.81. The zero-order valence-electron chi connectivity index (χ0n) is 15.4. The van der Waals surface area contributed by atoms with Gasteiger partial charge >= 0.3 is 0 Å². The van der Waals surface area contributed by atoms with Crippen molar-refractivity contribution in [3.63, 3.8) is 0 Å². The van der Waals surface area contributed by atoms with Gasteiger partial charge in [0.25, 0.3) is 0 Å². The molecule has 5 atom stereocenters. The van der Waals surface area contributed by atoms with Gasteiger partial charge in [0.1, 0.15) is 0 Å². The van der Waals surface area contributed by atoms with E-state index in [4.69, 9.17) is 4.74 Å². The average Bonchev–Trinajstić information content (AvgIpc) is 3.02. The molecule has 3 fully saturated rings. The van der Waals surface area contributed by atoms with Crippen LogP contribution in [0, 0.1) is 11.8 Å². The zero-order chi connectivity index (χ0) is 16.3. The molecular formula is C19H37N3O. The number of nitrogens with zero attached hydrogens (tertiary/aromatic N) is 1. The van der Waals surface area contributed by atoms with Gasteiger partial charge in [0.05, 0.1) is 13.2 Å². The lowest BCUT2D eigenvalue weighted by atomic mass is 9.75. The minimum atomic E-state index is 0.362. The Morgan fingerprint density at radius 3 is 2.78 bits per heavy atom. The summed E-state index contributed by atoms with van der Waals surface area (Å²) in [5, 5.41) is 7.70. The number of rotatable bonds is 5. The number of hydrogen-bond acceptors (Lipinski definition) is 4. The molecule has 4 heteroatoms. The van der Waals surface area contributed by atoms with Crippen LogP contribution in [0.4, 0.5) is 0 Å². The lowest BCUT2D eigenvalue weighted by Gasteiger charge is -2.46. The van der Waals surface area contributed by atoms with Gasteiger partial charge in [0, 0.05) is 30.7 Å². The van der Waals surface area contributed by atoms with Crippen molar-refractivity contribution in [3.8, 4) is 0 Å². The third-order valence-corrected chi connectivity index (χ3v) is 6.75. The summed E-state index contributed by atoms with van der Waals surface area (Å²) in [6.07, 6.45) is 9.53. The van der Waals surface area contributed by atoms with Crippen LogP contribution in [0.3, 0.4) is 0 Å². The Labute approximate surface area is 142 Å². The molecule has 3 rings (SSSR count). The van der Waals surface area contributed by atoms with Crippen LogP contribution in [0.1, 0.15) is 51.9 Å². The molecule has 0 radical (unpaired) electrons. The molecular weight excluding hydrogens is 286 g/mol. The Balaban J connectivity index is 1.58. The summed E-state index contributed by atoms with van der Waals surface area (Å²) in [6, 6.07) is 1.23. The second-order valence-corrected chi connectivity index (χ2v) is 8.54. The van der Waals surface area contributed by atoms with Crippen LogP contribution in [0.25, 0.3) is 0 Å². The monoisotopic (exact) mass is 323 g/mol. The van der Waals surface area contributed by atoms with E-state index in [-0.39, 0.29) is 0 Å². The Kier molecular flexibility index (Phi) is 6.00. The van der Waals surface area contributed by atoms with Crippen molar-refractivity contribution in [1.82, 2.24) is 15.5 Å². The molecule has 1 saturated heterocycles. The van der Waals surface area contributed by atoms with Crippen LogP contribution >= 0.6 is 0 Å². The van der Waals surface area contributed by atoms with E-state index >= 15 is 0 Å². The van der Waals surface area contributed by atoms with E-state index in [0.717, 1.165) is 38.1 Å². The summed E-state index contributed by atoms with van der Waals surface area (Å²) >= 11 is 0. The van der Waals surface area contributed by atoms with Crippen LogP contribution in [0.2, 0.25) is 0 Å². The van der Waals surface area contributed by atoms with Crippen molar-refractivity contribution < 1.29 is 4.74 Å². The first-order valence-electron chi connectivity index (χ1n) is 9.83. The lowest BCUT2D eigenvalue weighted by Crippen LogP contribution is -2.57. The largest absolute Gasteiger partial charge is 0.379 e. The number of hydrogen-bond donors (Lipinski definition) is 2. The fourth-order valence-corrected chi connectivity index (χ4v) is 5.26. The Bertz CT molecular complexity index is 370. The quantitative estimate of drug-likeness (QED) is 0.814. The standard InChI is InChI=1S/C19H37N3O/c1-15-6-5-9-19(12-15,22(2)3)14-21-17-8-4-7-16(17)18-13-23-11-10-20-18/h15-18,20-21H,4-14H2,1-3H3. The maximum absolute atomic E-state index is 5.71. The SMILES string of the molecule is CC1CCCC(CNC2CCCC2C2COCCN2)(N(C)C)C1. The molecule has 4 nitrogen and oxygen atoms in total. The normalized spacial score (nSPS) is 42.3. The first kappa shape index (κ1) is 17.7. The van der Waals surface area contributed by atoms with Gasteiger partial charge in [-0.05, 0) is 51.6 Å². The number of likely N-dealkylation sites (N-methyl/N-ethyl adjacent to an activating group) is 1. The molecule has 0 bridgehead atoms. The van der Waals surface area contributed by atoms with Crippen molar-refractivity contribution in [3.05, 3.63) is 0 Å². The van der Waals surface area contributed by atoms with E-state index in [1.54, 1.807) is 0 Å². The van der Waals surface area contributed by atoms with E-state index in [9.17, 15) is 0 Å². The third kappa shape index (κ3) is 4.09. The second-order valence-electron chi connectivity index (χ2n) is 8.54. The molecule has 0 aromatic rings. The van der Waals surface area contributed by atoms with Crippen molar-refractivity contribution in [2.45, 2.75) is 69.5 Å². The number of ether oxygens (including phenoxy) is 1. The first-order chi connectivity index (χ1) is 11.1. The summed E-state index contributed by atoms with van der Waals surface area (Å²) in [5.41, 5.74) is 0.362. The van der Waals surface area contributed by atoms with Crippen LogP contribution in [-0.4, -0.2) is 62.9 Å². The van der Waals surface area contributed by atoms with Crippen LogP contribution in [0.15, 0.2) is 0 Å².